The van der Waals surface area contributed by atoms with Crippen molar-refractivity contribution in [2.45, 2.75) is 133 Å². The summed E-state index contributed by atoms with van der Waals surface area (Å²) in [6, 6.07) is 15.1. The molecule has 1 saturated carbocycles. The van der Waals surface area contributed by atoms with Crippen LogP contribution in [0.25, 0.3) is 0 Å². The zero-order valence-electron chi connectivity index (χ0n) is 30.2. The maximum absolute atomic E-state index is 14.2. The summed E-state index contributed by atoms with van der Waals surface area (Å²) in [5.41, 5.74) is 5.15. The molecule has 2 aromatic rings. The fourth-order valence-electron chi connectivity index (χ4n) is 8.55. The molecule has 0 aromatic heterocycles. The number of unbranched alkanes of at least 4 members (excludes halogenated alkanes) is 3. The SMILES string of the molecule is CN[C@@H](C)C(=O)N[C@H](C(=O)N1CCC[C@H]1C(=O)N[C@H]1c2ccccc2C[C@H]1OCCCCCCOC1Cc2ccccc2C1)C1CCCCC1. The Bertz CT molecular complexity index is 1420. The topological polar surface area (TPSA) is 109 Å². The molecule has 4 aliphatic rings. The molecule has 2 aromatic carbocycles. The highest BCUT2D eigenvalue weighted by Crippen LogP contribution is 2.35. The van der Waals surface area contributed by atoms with Crippen LogP contribution < -0.4 is 16.0 Å². The first kappa shape index (κ1) is 36.5. The molecule has 1 aliphatic heterocycles. The van der Waals surface area contributed by atoms with E-state index in [1.807, 2.05) is 12.1 Å². The van der Waals surface area contributed by atoms with Gasteiger partial charge in [-0.15, -0.1) is 0 Å². The van der Waals surface area contributed by atoms with Gasteiger partial charge in [-0.05, 0) is 93.5 Å². The Balaban J connectivity index is 0.993. The molecule has 1 saturated heterocycles. The molecular formula is C41H58N4O5. The average Bonchev–Trinajstić information content (AvgIpc) is 3.89. The quantitative estimate of drug-likeness (QED) is 0.210. The molecule has 3 amide bonds. The van der Waals surface area contributed by atoms with E-state index in [1.165, 1.54) is 16.7 Å². The van der Waals surface area contributed by atoms with E-state index in [0.29, 0.717) is 25.7 Å². The second kappa shape index (κ2) is 17.8. The monoisotopic (exact) mass is 686 g/mol. The first-order chi connectivity index (χ1) is 24.4. The summed E-state index contributed by atoms with van der Waals surface area (Å²) in [5.74, 6) is -0.341. The van der Waals surface area contributed by atoms with E-state index >= 15 is 0 Å². The number of hydrogen-bond donors (Lipinski definition) is 3. The van der Waals surface area contributed by atoms with E-state index in [1.54, 1.807) is 18.9 Å². The summed E-state index contributed by atoms with van der Waals surface area (Å²) in [5, 5.41) is 9.39. The zero-order chi connectivity index (χ0) is 34.9. The number of carbonyl (C=O) groups excluding carboxylic acids is 3. The van der Waals surface area contributed by atoms with Crippen LogP contribution in [0.15, 0.2) is 48.5 Å². The molecule has 9 nitrogen and oxygen atoms in total. The van der Waals surface area contributed by atoms with Crippen LogP contribution in [0.3, 0.4) is 0 Å². The van der Waals surface area contributed by atoms with Crippen LogP contribution in [0.4, 0.5) is 0 Å². The predicted octanol–water partition coefficient (Wildman–Crippen LogP) is 5.19. The van der Waals surface area contributed by atoms with E-state index in [4.69, 9.17) is 9.47 Å². The highest BCUT2D eigenvalue weighted by atomic mass is 16.5. The predicted molar refractivity (Wildman–Crippen MR) is 195 cm³/mol. The van der Waals surface area contributed by atoms with Gasteiger partial charge in [-0.25, -0.2) is 0 Å². The van der Waals surface area contributed by atoms with E-state index in [9.17, 15) is 14.4 Å². The van der Waals surface area contributed by atoms with Gasteiger partial charge >= 0.3 is 0 Å². The summed E-state index contributed by atoms with van der Waals surface area (Å²) in [4.78, 5) is 42.9. The van der Waals surface area contributed by atoms with E-state index in [0.717, 1.165) is 95.6 Å². The van der Waals surface area contributed by atoms with Crippen molar-refractivity contribution < 1.29 is 23.9 Å². The van der Waals surface area contributed by atoms with Crippen molar-refractivity contribution in [3.8, 4) is 0 Å². The molecule has 9 heteroatoms. The Morgan fingerprint density at radius 3 is 2.16 bits per heavy atom. The number of amides is 3. The van der Waals surface area contributed by atoms with Crippen LogP contribution >= 0.6 is 0 Å². The van der Waals surface area contributed by atoms with Crippen LogP contribution in [-0.2, 0) is 43.1 Å². The van der Waals surface area contributed by atoms with Crippen LogP contribution in [0, 0.1) is 5.92 Å². The number of hydrogen-bond acceptors (Lipinski definition) is 6. The van der Waals surface area contributed by atoms with Gasteiger partial charge in [0.25, 0.3) is 0 Å². The number of rotatable bonds is 16. The van der Waals surface area contributed by atoms with Gasteiger partial charge in [-0.3, -0.25) is 14.4 Å². The second-order valence-electron chi connectivity index (χ2n) is 15.0. The molecule has 0 radical (unpaired) electrons. The normalized spacial score (nSPS) is 23.3. The van der Waals surface area contributed by atoms with Crippen molar-refractivity contribution in [1.82, 2.24) is 20.9 Å². The van der Waals surface area contributed by atoms with Crippen LogP contribution in [0.2, 0.25) is 0 Å². The Labute approximate surface area is 298 Å². The summed E-state index contributed by atoms with van der Waals surface area (Å²) in [6.07, 6.45) is 13.7. The van der Waals surface area contributed by atoms with Gasteiger partial charge in [0, 0.05) is 26.2 Å². The first-order valence-corrected chi connectivity index (χ1v) is 19.4. The maximum atomic E-state index is 14.2. The number of fused-ring (bicyclic) bond motifs is 2. The third kappa shape index (κ3) is 8.96. The fourth-order valence-corrected chi connectivity index (χ4v) is 8.55. The van der Waals surface area contributed by atoms with Crippen molar-refractivity contribution in [3.63, 3.8) is 0 Å². The standard InChI is InChI=1S/C41H58N4O5/c1-28(42-2)39(46)43-37(29-15-6-5-7-16-29)41(48)45-22-14-21-35(45)40(47)44-38-34-20-11-10-19-32(34)27-36(38)50-24-13-4-3-12-23-49-33-25-30-17-8-9-18-31(30)26-33/h8-11,17-20,28-29,33,35-38,42H,3-7,12-16,21-27H2,1-2H3,(H,43,46)(H,44,47)/t28-,35-,36+,37-,38-/m0/s1. The molecule has 5 atom stereocenters. The van der Waals surface area contributed by atoms with Crippen LogP contribution in [0.1, 0.15) is 106 Å². The molecule has 0 unspecified atom stereocenters. The Hall–Kier alpha value is -3.27. The zero-order valence-corrected chi connectivity index (χ0v) is 30.2. The highest BCUT2D eigenvalue weighted by molar-refractivity contribution is 5.93. The van der Waals surface area contributed by atoms with Crippen LogP contribution in [0.5, 0.6) is 0 Å². The van der Waals surface area contributed by atoms with Crippen molar-refractivity contribution in [2.75, 3.05) is 26.8 Å². The third-order valence-corrected chi connectivity index (χ3v) is 11.6. The lowest BCUT2D eigenvalue weighted by atomic mass is 9.83. The first-order valence-electron chi connectivity index (χ1n) is 19.4. The summed E-state index contributed by atoms with van der Waals surface area (Å²) in [6.45, 7) is 3.77. The number of nitrogens with one attached hydrogen (secondary N) is 3. The second-order valence-corrected chi connectivity index (χ2v) is 15.0. The minimum Gasteiger partial charge on any atom is -0.378 e. The van der Waals surface area contributed by atoms with Gasteiger partial charge in [0.2, 0.25) is 17.7 Å². The minimum atomic E-state index is -0.610. The Kier molecular flexibility index (Phi) is 13.0. The molecule has 272 valence electrons. The van der Waals surface area contributed by atoms with Gasteiger partial charge < -0.3 is 30.3 Å². The van der Waals surface area contributed by atoms with Gasteiger partial charge in [-0.1, -0.05) is 80.6 Å². The molecule has 0 bridgehead atoms. The van der Waals surface area contributed by atoms with Gasteiger partial charge in [0.05, 0.1) is 24.3 Å². The summed E-state index contributed by atoms with van der Waals surface area (Å²) < 4.78 is 12.7. The lowest BCUT2D eigenvalue weighted by Crippen LogP contribution is -2.58. The van der Waals surface area contributed by atoms with Gasteiger partial charge in [-0.2, -0.15) is 0 Å². The number of benzene rings is 2. The maximum Gasteiger partial charge on any atom is 0.246 e. The average molecular weight is 687 g/mol. The van der Waals surface area contributed by atoms with Crippen LogP contribution in [-0.4, -0.2) is 79.8 Å². The number of likely N-dealkylation sites (tertiary alicyclic amines) is 1. The van der Waals surface area contributed by atoms with Gasteiger partial charge in [0.1, 0.15) is 12.1 Å². The number of ether oxygens (including phenoxy) is 2. The number of nitrogens with zero attached hydrogens (tertiary/aromatic N) is 1. The third-order valence-electron chi connectivity index (χ3n) is 11.6. The molecule has 1 heterocycles. The summed E-state index contributed by atoms with van der Waals surface area (Å²) in [7, 11) is 1.74. The Morgan fingerprint density at radius 1 is 0.800 bits per heavy atom. The molecule has 2 fully saturated rings. The van der Waals surface area contributed by atoms with Crippen molar-refractivity contribution in [3.05, 3.63) is 70.8 Å². The molecular weight excluding hydrogens is 628 g/mol. The molecule has 6 rings (SSSR count). The number of likely N-dealkylation sites (N-methyl/N-ethyl adjacent to an activating group) is 1. The molecule has 50 heavy (non-hydrogen) atoms. The van der Waals surface area contributed by atoms with Crippen molar-refractivity contribution in [2.24, 2.45) is 5.92 Å². The van der Waals surface area contributed by atoms with E-state index in [2.05, 4.69) is 52.3 Å². The van der Waals surface area contributed by atoms with Gasteiger partial charge in [0.15, 0.2) is 0 Å². The van der Waals surface area contributed by atoms with Crippen molar-refractivity contribution in [1.29, 1.82) is 0 Å². The number of carbonyl (C=O) groups is 3. The lowest BCUT2D eigenvalue weighted by molar-refractivity contribution is -0.143. The Morgan fingerprint density at radius 2 is 1.46 bits per heavy atom. The molecule has 3 aliphatic carbocycles. The molecule has 3 N–H and O–H groups in total. The van der Waals surface area contributed by atoms with E-state index in [-0.39, 0.29) is 35.8 Å². The molecule has 0 spiro atoms. The van der Waals surface area contributed by atoms with E-state index < -0.39 is 18.1 Å². The summed E-state index contributed by atoms with van der Waals surface area (Å²) >= 11 is 0. The highest BCUT2D eigenvalue weighted by Gasteiger charge is 2.43. The fraction of sp³-hybridized carbons (Fsp3) is 0.634. The lowest BCUT2D eigenvalue weighted by Gasteiger charge is -2.35. The minimum absolute atomic E-state index is 0.0886. The van der Waals surface area contributed by atoms with Crippen molar-refractivity contribution >= 4 is 17.7 Å². The smallest absolute Gasteiger partial charge is 0.246 e. The largest absolute Gasteiger partial charge is 0.378 e.